The average molecular weight is 265 g/mol. The molecule has 1 aromatic carbocycles. The van der Waals surface area contributed by atoms with Gasteiger partial charge in [-0.1, -0.05) is 12.1 Å². The number of benzene rings is 1. The molecule has 0 radical (unpaired) electrons. The third kappa shape index (κ3) is 4.79. The van der Waals surface area contributed by atoms with E-state index in [9.17, 15) is 14.4 Å². The van der Waals surface area contributed by atoms with Crippen LogP contribution in [0.3, 0.4) is 0 Å². The lowest BCUT2D eigenvalue weighted by Crippen LogP contribution is -2.31. The van der Waals surface area contributed by atoms with Crippen molar-refractivity contribution in [2.45, 2.75) is 13.3 Å². The molecule has 0 spiro atoms. The molecule has 0 saturated carbocycles. The highest BCUT2D eigenvalue weighted by molar-refractivity contribution is 5.95. The van der Waals surface area contributed by atoms with Crippen LogP contribution in [0.2, 0.25) is 0 Å². The lowest BCUT2D eigenvalue weighted by atomic mass is 10.1. The van der Waals surface area contributed by atoms with Crippen LogP contribution in [0, 0.1) is 0 Å². The summed E-state index contributed by atoms with van der Waals surface area (Å²) in [4.78, 5) is 34.1. The quantitative estimate of drug-likeness (QED) is 0.720. The molecule has 0 amide bonds. The van der Waals surface area contributed by atoms with E-state index in [4.69, 9.17) is 10.2 Å². The molecule has 0 bridgehead atoms. The van der Waals surface area contributed by atoms with Gasteiger partial charge in [-0.05, 0) is 19.1 Å². The largest absolute Gasteiger partial charge is 0.481 e. The van der Waals surface area contributed by atoms with Gasteiger partial charge in [0.05, 0.1) is 6.42 Å². The van der Waals surface area contributed by atoms with Gasteiger partial charge in [0, 0.05) is 17.8 Å². The fourth-order valence-electron chi connectivity index (χ4n) is 1.61. The minimum Gasteiger partial charge on any atom is -0.481 e. The van der Waals surface area contributed by atoms with E-state index in [1.165, 1.54) is 11.8 Å². The van der Waals surface area contributed by atoms with Crippen molar-refractivity contribution in [2.24, 2.45) is 0 Å². The van der Waals surface area contributed by atoms with Crippen LogP contribution >= 0.6 is 0 Å². The van der Waals surface area contributed by atoms with Crippen LogP contribution in [0.25, 0.3) is 0 Å². The van der Waals surface area contributed by atoms with Crippen molar-refractivity contribution in [1.82, 2.24) is 0 Å². The molecule has 0 heterocycles. The summed E-state index contributed by atoms with van der Waals surface area (Å²) < 4.78 is 0. The molecular formula is C13H15NO5. The van der Waals surface area contributed by atoms with E-state index in [2.05, 4.69) is 0 Å². The van der Waals surface area contributed by atoms with E-state index < -0.39 is 11.9 Å². The predicted molar refractivity (Wildman–Crippen MR) is 68.5 cm³/mol. The third-order valence-corrected chi connectivity index (χ3v) is 2.54. The molecule has 0 atom stereocenters. The summed E-state index contributed by atoms with van der Waals surface area (Å²) in [6.07, 6.45) is -0.169. The number of ketones is 1. The molecule has 1 aromatic rings. The molecule has 0 aliphatic carbocycles. The number of hydrogen-bond donors (Lipinski definition) is 2. The molecule has 0 fully saturated rings. The second-order valence-corrected chi connectivity index (χ2v) is 4.07. The maximum atomic E-state index is 11.3. The number of carbonyl (C=O) groups excluding carboxylic acids is 1. The third-order valence-electron chi connectivity index (χ3n) is 2.54. The van der Waals surface area contributed by atoms with Gasteiger partial charge >= 0.3 is 11.9 Å². The average Bonchev–Trinajstić information content (AvgIpc) is 2.34. The number of Topliss-reactive ketones (excluding diaryl/α,β-unsaturated/α-hetero) is 1. The van der Waals surface area contributed by atoms with E-state index in [-0.39, 0.29) is 25.3 Å². The zero-order valence-electron chi connectivity index (χ0n) is 10.5. The molecule has 0 saturated heterocycles. The van der Waals surface area contributed by atoms with Gasteiger partial charge in [-0.25, -0.2) is 0 Å². The van der Waals surface area contributed by atoms with Gasteiger partial charge < -0.3 is 15.1 Å². The van der Waals surface area contributed by atoms with Crippen LogP contribution < -0.4 is 4.90 Å². The second kappa shape index (κ2) is 6.53. The van der Waals surface area contributed by atoms with Crippen LogP contribution in [-0.2, 0) is 9.59 Å². The van der Waals surface area contributed by atoms with E-state index in [0.29, 0.717) is 11.3 Å². The number of nitrogens with zero attached hydrogens (tertiary/aromatic N) is 1. The monoisotopic (exact) mass is 265 g/mol. The molecule has 1 rings (SSSR count). The molecule has 0 unspecified atom stereocenters. The Kier molecular flexibility index (Phi) is 5.05. The Morgan fingerprint density at radius 2 is 1.84 bits per heavy atom. The highest BCUT2D eigenvalue weighted by atomic mass is 16.4. The summed E-state index contributed by atoms with van der Waals surface area (Å²) in [5.74, 6) is -2.19. The van der Waals surface area contributed by atoms with Gasteiger partial charge in [0.1, 0.15) is 6.54 Å². The number of carboxylic acids is 2. The highest BCUT2D eigenvalue weighted by Crippen LogP contribution is 2.17. The molecule has 19 heavy (non-hydrogen) atoms. The number of anilines is 1. The molecule has 0 aliphatic heterocycles. The Labute approximate surface area is 110 Å². The normalized spacial score (nSPS) is 9.95. The summed E-state index contributed by atoms with van der Waals surface area (Å²) in [7, 11) is 0. The summed E-state index contributed by atoms with van der Waals surface area (Å²) in [5.41, 5.74) is 0.986. The molecule has 0 aromatic heterocycles. The maximum Gasteiger partial charge on any atom is 0.323 e. The first-order valence-corrected chi connectivity index (χ1v) is 5.69. The molecule has 6 nitrogen and oxygen atoms in total. The first-order valence-electron chi connectivity index (χ1n) is 5.69. The Balaban J connectivity index is 2.95. The Hall–Kier alpha value is -2.37. The Bertz CT molecular complexity index is 498. The SMILES string of the molecule is CC(=O)c1cccc(N(CCC(=O)O)CC(=O)O)c1. The van der Waals surface area contributed by atoms with Crippen LogP contribution in [0.5, 0.6) is 0 Å². The van der Waals surface area contributed by atoms with E-state index in [1.54, 1.807) is 24.3 Å². The van der Waals surface area contributed by atoms with Crippen LogP contribution in [0.1, 0.15) is 23.7 Å². The second-order valence-electron chi connectivity index (χ2n) is 4.07. The van der Waals surface area contributed by atoms with E-state index in [1.807, 2.05) is 0 Å². The minimum absolute atomic E-state index is 0.0724. The van der Waals surface area contributed by atoms with Crippen molar-refractivity contribution in [3.05, 3.63) is 29.8 Å². The van der Waals surface area contributed by atoms with Crippen molar-refractivity contribution in [3.63, 3.8) is 0 Å². The zero-order chi connectivity index (χ0) is 14.4. The molecule has 102 valence electrons. The summed E-state index contributed by atoms with van der Waals surface area (Å²) in [6, 6.07) is 6.48. The molecule has 0 aliphatic rings. The Morgan fingerprint density at radius 3 is 2.37 bits per heavy atom. The number of rotatable bonds is 7. The first-order chi connectivity index (χ1) is 8.90. The smallest absolute Gasteiger partial charge is 0.323 e. The first kappa shape index (κ1) is 14.7. The van der Waals surface area contributed by atoms with Gasteiger partial charge in [-0.2, -0.15) is 0 Å². The van der Waals surface area contributed by atoms with E-state index in [0.717, 1.165) is 0 Å². The molecule has 6 heteroatoms. The highest BCUT2D eigenvalue weighted by Gasteiger charge is 2.13. The van der Waals surface area contributed by atoms with Crippen molar-refractivity contribution >= 4 is 23.4 Å². The minimum atomic E-state index is -1.06. The van der Waals surface area contributed by atoms with Gasteiger partial charge in [0.15, 0.2) is 5.78 Å². The van der Waals surface area contributed by atoms with Crippen molar-refractivity contribution < 1.29 is 24.6 Å². The number of carbonyl (C=O) groups is 3. The molecular weight excluding hydrogens is 250 g/mol. The fourth-order valence-corrected chi connectivity index (χ4v) is 1.61. The van der Waals surface area contributed by atoms with Gasteiger partial charge in [0.2, 0.25) is 0 Å². The standard InChI is InChI=1S/C13H15NO5/c1-9(15)10-3-2-4-11(7-10)14(8-13(18)19)6-5-12(16)17/h2-4,7H,5-6,8H2,1H3,(H,16,17)(H,18,19). The van der Waals surface area contributed by atoms with Crippen LogP contribution in [0.15, 0.2) is 24.3 Å². The maximum absolute atomic E-state index is 11.3. The number of hydrogen-bond acceptors (Lipinski definition) is 4. The Morgan fingerprint density at radius 1 is 1.16 bits per heavy atom. The lowest BCUT2D eigenvalue weighted by Gasteiger charge is -2.22. The van der Waals surface area contributed by atoms with Crippen LogP contribution in [0.4, 0.5) is 5.69 Å². The molecule has 2 N–H and O–H groups in total. The number of aliphatic carboxylic acids is 2. The van der Waals surface area contributed by atoms with Crippen molar-refractivity contribution in [2.75, 3.05) is 18.0 Å². The summed E-state index contributed by atoms with van der Waals surface area (Å²) in [6.45, 7) is 1.18. The topological polar surface area (TPSA) is 94.9 Å². The van der Waals surface area contributed by atoms with Crippen LogP contribution in [-0.4, -0.2) is 41.0 Å². The number of carboxylic acid groups (broad SMARTS) is 2. The van der Waals surface area contributed by atoms with Gasteiger partial charge in [-0.3, -0.25) is 14.4 Å². The predicted octanol–water partition coefficient (Wildman–Crippen LogP) is 1.25. The fraction of sp³-hybridized carbons (Fsp3) is 0.308. The van der Waals surface area contributed by atoms with Gasteiger partial charge in [0.25, 0.3) is 0 Å². The van der Waals surface area contributed by atoms with Gasteiger partial charge in [-0.15, -0.1) is 0 Å². The van der Waals surface area contributed by atoms with Crippen molar-refractivity contribution in [3.8, 4) is 0 Å². The van der Waals surface area contributed by atoms with Crippen molar-refractivity contribution in [1.29, 1.82) is 0 Å². The zero-order valence-corrected chi connectivity index (χ0v) is 10.5. The lowest BCUT2D eigenvalue weighted by molar-refractivity contribution is -0.138. The summed E-state index contributed by atoms with van der Waals surface area (Å²) >= 11 is 0. The summed E-state index contributed by atoms with van der Waals surface area (Å²) in [5, 5.41) is 17.5. The van der Waals surface area contributed by atoms with E-state index >= 15 is 0 Å².